The molecule has 0 spiro atoms. The molecule has 1 aromatic carbocycles. The molecular formula is C18H25NO4. The van der Waals surface area contributed by atoms with Crippen LogP contribution in [-0.2, 0) is 16.1 Å². The molecule has 0 aromatic heterocycles. The zero-order chi connectivity index (χ0) is 16.5. The Morgan fingerprint density at radius 3 is 2.83 bits per heavy atom. The third-order valence-electron chi connectivity index (χ3n) is 3.83. The van der Waals surface area contributed by atoms with Gasteiger partial charge in [-0.05, 0) is 36.5 Å². The average molecular weight is 319 g/mol. The highest BCUT2D eigenvalue weighted by Gasteiger charge is 2.14. The van der Waals surface area contributed by atoms with Crippen LogP contribution in [-0.4, -0.2) is 37.4 Å². The van der Waals surface area contributed by atoms with E-state index in [9.17, 15) is 9.90 Å². The number of aliphatic hydroxyl groups excluding tert-OH is 1. The van der Waals surface area contributed by atoms with E-state index in [4.69, 9.17) is 9.47 Å². The second kappa shape index (κ2) is 9.33. The number of carbonyl (C=O) groups is 1. The number of allylic oxidation sites excluding steroid dienone is 2. The van der Waals surface area contributed by atoms with Crippen molar-refractivity contribution in [1.29, 1.82) is 0 Å². The fraction of sp³-hybridized carbons (Fsp3) is 0.500. The summed E-state index contributed by atoms with van der Waals surface area (Å²) in [6.07, 6.45) is 6.10. The molecule has 2 rings (SSSR count). The number of ether oxygens (including phenoxy) is 2. The molecule has 2 N–H and O–H groups in total. The molecule has 2 atom stereocenters. The lowest BCUT2D eigenvalue weighted by Crippen LogP contribution is -2.35. The summed E-state index contributed by atoms with van der Waals surface area (Å²) in [4.78, 5) is 11.8. The van der Waals surface area contributed by atoms with Crippen molar-refractivity contribution in [1.82, 2.24) is 5.32 Å². The van der Waals surface area contributed by atoms with Gasteiger partial charge in [0, 0.05) is 13.0 Å². The SMILES string of the molecule is COc1ccc(COC[C@H](O)CNC(=O)C[C@@H]2C=CCC2)cc1. The zero-order valence-corrected chi connectivity index (χ0v) is 13.5. The Labute approximate surface area is 137 Å². The summed E-state index contributed by atoms with van der Waals surface area (Å²) < 4.78 is 10.6. The second-order valence-corrected chi connectivity index (χ2v) is 5.79. The van der Waals surface area contributed by atoms with Crippen molar-refractivity contribution in [2.24, 2.45) is 5.92 Å². The third-order valence-corrected chi connectivity index (χ3v) is 3.83. The monoisotopic (exact) mass is 319 g/mol. The van der Waals surface area contributed by atoms with Gasteiger partial charge in [-0.2, -0.15) is 0 Å². The molecule has 1 aromatic rings. The maximum absolute atomic E-state index is 11.8. The van der Waals surface area contributed by atoms with Crippen molar-refractivity contribution in [3.63, 3.8) is 0 Å². The summed E-state index contributed by atoms with van der Waals surface area (Å²) in [5.74, 6) is 1.13. The lowest BCUT2D eigenvalue weighted by Gasteiger charge is -2.14. The number of rotatable bonds is 9. The second-order valence-electron chi connectivity index (χ2n) is 5.79. The Morgan fingerprint density at radius 1 is 1.39 bits per heavy atom. The highest BCUT2D eigenvalue weighted by molar-refractivity contribution is 5.76. The first-order valence-electron chi connectivity index (χ1n) is 7.99. The van der Waals surface area contributed by atoms with E-state index in [2.05, 4.69) is 17.5 Å². The van der Waals surface area contributed by atoms with Crippen molar-refractivity contribution in [2.75, 3.05) is 20.3 Å². The summed E-state index contributed by atoms with van der Waals surface area (Å²) in [6, 6.07) is 7.57. The van der Waals surface area contributed by atoms with Gasteiger partial charge in [0.15, 0.2) is 0 Å². The Hall–Kier alpha value is -1.85. The van der Waals surface area contributed by atoms with Gasteiger partial charge in [0.1, 0.15) is 5.75 Å². The van der Waals surface area contributed by atoms with Crippen LogP contribution < -0.4 is 10.1 Å². The molecule has 0 radical (unpaired) electrons. The Kier molecular flexibility index (Phi) is 7.10. The Balaban J connectivity index is 1.57. The minimum atomic E-state index is -0.698. The molecule has 0 bridgehead atoms. The maximum atomic E-state index is 11.8. The minimum Gasteiger partial charge on any atom is -0.497 e. The Bertz CT molecular complexity index is 512. The number of hydrogen-bond donors (Lipinski definition) is 2. The summed E-state index contributed by atoms with van der Waals surface area (Å²) in [5.41, 5.74) is 1.01. The van der Waals surface area contributed by atoms with Crippen LogP contribution in [0.1, 0.15) is 24.8 Å². The van der Waals surface area contributed by atoms with Gasteiger partial charge in [0.25, 0.3) is 0 Å². The number of aliphatic hydroxyl groups is 1. The summed E-state index contributed by atoms with van der Waals surface area (Å²) in [7, 11) is 1.62. The van der Waals surface area contributed by atoms with Crippen molar-refractivity contribution in [3.05, 3.63) is 42.0 Å². The summed E-state index contributed by atoms with van der Waals surface area (Å²) in [6.45, 7) is 0.829. The molecule has 1 aliphatic rings. The van der Waals surface area contributed by atoms with Crippen LogP contribution >= 0.6 is 0 Å². The van der Waals surface area contributed by atoms with Crippen LogP contribution in [0.2, 0.25) is 0 Å². The number of benzene rings is 1. The van der Waals surface area contributed by atoms with Crippen molar-refractivity contribution >= 4 is 5.91 Å². The van der Waals surface area contributed by atoms with Crippen LogP contribution in [0.25, 0.3) is 0 Å². The van der Waals surface area contributed by atoms with Gasteiger partial charge >= 0.3 is 0 Å². The molecule has 23 heavy (non-hydrogen) atoms. The lowest BCUT2D eigenvalue weighted by molar-refractivity contribution is -0.122. The fourth-order valence-electron chi connectivity index (χ4n) is 2.50. The Morgan fingerprint density at radius 2 is 2.17 bits per heavy atom. The predicted octanol–water partition coefficient (Wildman–Crippen LogP) is 2.05. The van der Waals surface area contributed by atoms with Crippen LogP contribution in [0.5, 0.6) is 5.75 Å². The molecule has 0 heterocycles. The van der Waals surface area contributed by atoms with Gasteiger partial charge < -0.3 is 19.9 Å². The van der Waals surface area contributed by atoms with Crippen molar-refractivity contribution in [3.8, 4) is 5.75 Å². The van der Waals surface area contributed by atoms with E-state index in [-0.39, 0.29) is 19.1 Å². The lowest BCUT2D eigenvalue weighted by atomic mass is 10.1. The number of carbonyl (C=O) groups excluding carboxylic acids is 1. The first-order valence-corrected chi connectivity index (χ1v) is 7.99. The van der Waals surface area contributed by atoms with Crippen LogP contribution in [0, 0.1) is 5.92 Å². The van der Waals surface area contributed by atoms with E-state index in [1.165, 1.54) is 0 Å². The molecule has 126 valence electrons. The first-order chi connectivity index (χ1) is 11.2. The molecule has 1 aliphatic carbocycles. The highest BCUT2D eigenvalue weighted by atomic mass is 16.5. The summed E-state index contributed by atoms with van der Waals surface area (Å²) in [5, 5.41) is 12.6. The van der Waals surface area contributed by atoms with Crippen molar-refractivity contribution in [2.45, 2.75) is 32.0 Å². The average Bonchev–Trinajstić information content (AvgIpc) is 3.06. The van der Waals surface area contributed by atoms with Crippen LogP contribution in [0.15, 0.2) is 36.4 Å². The number of amides is 1. The standard InChI is InChI=1S/C18H25NO4/c1-22-17-8-6-15(7-9-17)12-23-13-16(20)11-19-18(21)10-14-4-2-3-5-14/h2,4,6-9,14,16,20H,3,5,10-13H2,1H3,(H,19,21)/t14-,16-/m1/s1. The van der Waals surface area contributed by atoms with E-state index in [1.54, 1.807) is 7.11 Å². The van der Waals surface area contributed by atoms with E-state index >= 15 is 0 Å². The molecule has 5 nitrogen and oxygen atoms in total. The first kappa shape index (κ1) is 17.5. The van der Waals surface area contributed by atoms with E-state index < -0.39 is 6.10 Å². The fourth-order valence-corrected chi connectivity index (χ4v) is 2.50. The molecule has 0 saturated heterocycles. The molecule has 5 heteroatoms. The van der Waals surface area contributed by atoms with Gasteiger partial charge in [0.2, 0.25) is 5.91 Å². The van der Waals surface area contributed by atoms with E-state index in [0.29, 0.717) is 18.9 Å². The topological polar surface area (TPSA) is 67.8 Å². The minimum absolute atomic E-state index is 0.0178. The number of nitrogens with one attached hydrogen (secondary N) is 1. The number of methoxy groups -OCH3 is 1. The van der Waals surface area contributed by atoms with Gasteiger partial charge in [-0.1, -0.05) is 24.3 Å². The van der Waals surface area contributed by atoms with Gasteiger partial charge in [0.05, 0.1) is 26.4 Å². The molecular weight excluding hydrogens is 294 g/mol. The molecule has 0 saturated carbocycles. The highest BCUT2D eigenvalue weighted by Crippen LogP contribution is 2.19. The maximum Gasteiger partial charge on any atom is 0.220 e. The predicted molar refractivity (Wildman–Crippen MR) is 88.1 cm³/mol. The third kappa shape index (κ3) is 6.42. The van der Waals surface area contributed by atoms with E-state index in [0.717, 1.165) is 24.2 Å². The van der Waals surface area contributed by atoms with E-state index in [1.807, 2.05) is 24.3 Å². The quantitative estimate of drug-likeness (QED) is 0.684. The smallest absolute Gasteiger partial charge is 0.220 e. The molecule has 0 aliphatic heterocycles. The number of hydrogen-bond acceptors (Lipinski definition) is 4. The molecule has 0 fully saturated rings. The zero-order valence-electron chi connectivity index (χ0n) is 13.5. The molecule has 0 unspecified atom stereocenters. The van der Waals surface area contributed by atoms with Gasteiger partial charge in [-0.15, -0.1) is 0 Å². The summed E-state index contributed by atoms with van der Waals surface area (Å²) >= 11 is 0. The largest absolute Gasteiger partial charge is 0.497 e. The van der Waals surface area contributed by atoms with Crippen molar-refractivity contribution < 1.29 is 19.4 Å². The van der Waals surface area contributed by atoms with Crippen LogP contribution in [0.4, 0.5) is 0 Å². The van der Waals surface area contributed by atoms with Gasteiger partial charge in [-0.3, -0.25) is 4.79 Å². The van der Waals surface area contributed by atoms with Gasteiger partial charge in [-0.25, -0.2) is 0 Å². The normalized spacial score (nSPS) is 17.9. The molecule has 1 amide bonds. The van der Waals surface area contributed by atoms with Crippen LogP contribution in [0.3, 0.4) is 0 Å².